The number of fused-ring (bicyclic) bond motifs is 1. The van der Waals surface area contributed by atoms with Gasteiger partial charge in [-0.05, 0) is 42.7 Å². The van der Waals surface area contributed by atoms with E-state index in [1.54, 1.807) is 24.3 Å². The Morgan fingerprint density at radius 2 is 1.75 bits per heavy atom. The second-order valence-corrected chi connectivity index (χ2v) is 7.75. The van der Waals surface area contributed by atoms with Crippen molar-refractivity contribution in [3.63, 3.8) is 0 Å². The highest BCUT2D eigenvalue weighted by Gasteiger charge is 2.20. The van der Waals surface area contributed by atoms with Gasteiger partial charge in [0, 0.05) is 22.8 Å². The molecule has 148 valence electrons. The molecule has 0 aliphatic carbocycles. The molecule has 0 amide bonds. The van der Waals surface area contributed by atoms with Gasteiger partial charge in [-0.15, -0.1) is 8.42 Å². The Morgan fingerprint density at radius 3 is 2.43 bits per heavy atom. The van der Waals surface area contributed by atoms with Gasteiger partial charge in [0.25, 0.3) is 0 Å². The standard InChI is InChI=1S/C19H17BrO7S/c1-24-17-12-16-14(6-9-19(21)25-16)11-18(17)27-28(22,23)26-15-7-4-13(5-8-15)3-2-10-20/h4-9,11-12H,2-3,10H2,1H3. The Labute approximate surface area is 170 Å². The molecule has 0 unspecified atom stereocenters. The van der Waals surface area contributed by atoms with Crippen LogP contribution in [0.25, 0.3) is 11.0 Å². The first-order valence-electron chi connectivity index (χ1n) is 8.31. The number of aryl methyl sites for hydroxylation is 1. The van der Waals surface area contributed by atoms with Crippen molar-refractivity contribution >= 4 is 37.3 Å². The van der Waals surface area contributed by atoms with Crippen LogP contribution in [0.2, 0.25) is 0 Å². The minimum atomic E-state index is -4.41. The molecule has 2 aromatic carbocycles. The van der Waals surface area contributed by atoms with Crippen LogP contribution in [0.5, 0.6) is 17.2 Å². The fraction of sp³-hybridized carbons (Fsp3) is 0.211. The molecule has 0 saturated heterocycles. The lowest BCUT2D eigenvalue weighted by Crippen LogP contribution is -2.17. The summed E-state index contributed by atoms with van der Waals surface area (Å²) in [5.74, 6) is 0.130. The van der Waals surface area contributed by atoms with Crippen molar-refractivity contribution in [3.05, 3.63) is 64.5 Å². The predicted octanol–water partition coefficient (Wildman–Crippen LogP) is 3.83. The van der Waals surface area contributed by atoms with Crippen LogP contribution in [-0.2, 0) is 16.8 Å². The molecule has 28 heavy (non-hydrogen) atoms. The third kappa shape index (κ3) is 5.05. The van der Waals surface area contributed by atoms with E-state index in [-0.39, 0.29) is 22.8 Å². The van der Waals surface area contributed by atoms with Gasteiger partial charge in [-0.3, -0.25) is 0 Å². The molecule has 0 saturated carbocycles. The summed E-state index contributed by atoms with van der Waals surface area (Å²) in [6.07, 6.45) is 1.85. The summed E-state index contributed by atoms with van der Waals surface area (Å²) in [4.78, 5) is 11.3. The second kappa shape index (κ2) is 8.66. The summed E-state index contributed by atoms with van der Waals surface area (Å²) in [5, 5.41) is 1.37. The minimum absolute atomic E-state index is 0.0825. The van der Waals surface area contributed by atoms with Crippen molar-refractivity contribution in [1.29, 1.82) is 0 Å². The number of hydrogen-bond donors (Lipinski definition) is 0. The molecule has 0 spiro atoms. The molecular weight excluding hydrogens is 452 g/mol. The predicted molar refractivity (Wildman–Crippen MR) is 108 cm³/mol. The van der Waals surface area contributed by atoms with Gasteiger partial charge in [-0.1, -0.05) is 28.1 Å². The summed E-state index contributed by atoms with van der Waals surface area (Å²) in [6, 6.07) is 12.2. The van der Waals surface area contributed by atoms with E-state index in [1.165, 1.54) is 31.4 Å². The summed E-state index contributed by atoms with van der Waals surface area (Å²) in [7, 11) is -3.07. The second-order valence-electron chi connectivity index (χ2n) is 5.81. The van der Waals surface area contributed by atoms with Crippen molar-refractivity contribution in [2.24, 2.45) is 0 Å². The summed E-state index contributed by atoms with van der Waals surface area (Å²) in [6.45, 7) is 0. The zero-order chi connectivity index (χ0) is 20.1. The van der Waals surface area contributed by atoms with E-state index in [9.17, 15) is 13.2 Å². The Balaban J connectivity index is 1.81. The summed E-state index contributed by atoms with van der Waals surface area (Å²) < 4.78 is 44.9. The Kier molecular flexibility index (Phi) is 6.25. The lowest BCUT2D eigenvalue weighted by atomic mass is 10.1. The van der Waals surface area contributed by atoms with E-state index < -0.39 is 16.0 Å². The van der Waals surface area contributed by atoms with Crippen molar-refractivity contribution in [3.8, 4) is 17.2 Å². The van der Waals surface area contributed by atoms with Crippen molar-refractivity contribution in [2.75, 3.05) is 12.4 Å². The van der Waals surface area contributed by atoms with Crippen LogP contribution in [-0.4, -0.2) is 20.9 Å². The SMILES string of the molecule is COc1cc2oc(=O)ccc2cc1OS(=O)(=O)Oc1ccc(CCCBr)cc1. The topological polar surface area (TPSA) is 92.0 Å². The molecule has 7 nitrogen and oxygen atoms in total. The highest BCUT2D eigenvalue weighted by atomic mass is 79.9. The van der Waals surface area contributed by atoms with Gasteiger partial charge in [0.2, 0.25) is 0 Å². The zero-order valence-electron chi connectivity index (χ0n) is 14.9. The van der Waals surface area contributed by atoms with Gasteiger partial charge >= 0.3 is 16.0 Å². The fourth-order valence-electron chi connectivity index (χ4n) is 2.53. The van der Waals surface area contributed by atoms with Crippen LogP contribution in [0.4, 0.5) is 0 Å². The lowest BCUT2D eigenvalue weighted by molar-refractivity contribution is 0.364. The van der Waals surface area contributed by atoms with Gasteiger partial charge in [0.1, 0.15) is 11.3 Å². The Morgan fingerprint density at radius 1 is 1.00 bits per heavy atom. The van der Waals surface area contributed by atoms with Crippen LogP contribution < -0.4 is 18.7 Å². The van der Waals surface area contributed by atoms with Gasteiger partial charge in [-0.25, -0.2) is 4.79 Å². The highest BCUT2D eigenvalue weighted by molar-refractivity contribution is 9.09. The maximum absolute atomic E-state index is 12.3. The monoisotopic (exact) mass is 468 g/mol. The van der Waals surface area contributed by atoms with E-state index in [0.29, 0.717) is 5.39 Å². The normalized spacial score (nSPS) is 11.4. The number of ether oxygens (including phenoxy) is 1. The van der Waals surface area contributed by atoms with Gasteiger partial charge < -0.3 is 17.5 Å². The number of benzene rings is 2. The van der Waals surface area contributed by atoms with Crippen LogP contribution in [0.1, 0.15) is 12.0 Å². The number of rotatable bonds is 8. The first-order chi connectivity index (χ1) is 13.4. The van der Waals surface area contributed by atoms with Crippen molar-refractivity contribution < 1.29 is 25.9 Å². The number of hydrogen-bond acceptors (Lipinski definition) is 7. The smallest absolute Gasteiger partial charge is 0.493 e. The molecule has 0 bridgehead atoms. The molecular formula is C19H17BrO7S. The molecule has 1 aromatic heterocycles. The van der Waals surface area contributed by atoms with E-state index in [0.717, 1.165) is 23.7 Å². The van der Waals surface area contributed by atoms with Crippen molar-refractivity contribution in [1.82, 2.24) is 0 Å². The maximum Gasteiger partial charge on any atom is 0.501 e. The molecule has 0 atom stereocenters. The first-order valence-corrected chi connectivity index (χ1v) is 10.8. The van der Waals surface area contributed by atoms with E-state index in [2.05, 4.69) is 15.9 Å². The highest BCUT2D eigenvalue weighted by Crippen LogP contribution is 2.33. The van der Waals surface area contributed by atoms with Gasteiger partial charge in [0.05, 0.1) is 7.11 Å². The Hall–Kier alpha value is -2.52. The molecule has 0 aliphatic rings. The summed E-state index contributed by atoms with van der Waals surface area (Å²) >= 11 is 3.37. The lowest BCUT2D eigenvalue weighted by Gasteiger charge is -2.12. The van der Waals surface area contributed by atoms with E-state index in [4.69, 9.17) is 17.5 Å². The molecule has 3 aromatic rings. The number of methoxy groups -OCH3 is 1. The largest absolute Gasteiger partial charge is 0.501 e. The quantitative estimate of drug-likeness (QED) is 0.366. The minimum Gasteiger partial charge on any atom is -0.493 e. The summed E-state index contributed by atoms with van der Waals surface area (Å²) in [5.41, 5.74) is 0.788. The van der Waals surface area contributed by atoms with Crippen LogP contribution in [0.15, 0.2) is 57.7 Å². The van der Waals surface area contributed by atoms with E-state index in [1.807, 2.05) is 0 Å². The fourth-order valence-corrected chi connectivity index (χ4v) is 3.54. The number of halogens is 1. The molecule has 0 N–H and O–H groups in total. The average molecular weight is 469 g/mol. The molecule has 0 radical (unpaired) electrons. The molecule has 9 heteroatoms. The molecule has 1 heterocycles. The average Bonchev–Trinajstić information content (AvgIpc) is 2.66. The molecule has 0 aliphatic heterocycles. The van der Waals surface area contributed by atoms with Crippen LogP contribution in [0, 0.1) is 0 Å². The van der Waals surface area contributed by atoms with Crippen LogP contribution in [0.3, 0.4) is 0 Å². The van der Waals surface area contributed by atoms with Gasteiger partial charge in [0.15, 0.2) is 11.5 Å². The molecule has 0 fully saturated rings. The number of alkyl halides is 1. The maximum atomic E-state index is 12.3. The zero-order valence-corrected chi connectivity index (χ0v) is 17.3. The Bertz CT molecular complexity index is 1120. The first kappa shape index (κ1) is 20.2. The van der Waals surface area contributed by atoms with Crippen LogP contribution >= 0.6 is 15.9 Å². The van der Waals surface area contributed by atoms with E-state index >= 15 is 0 Å². The third-order valence-corrected chi connectivity index (χ3v) is 5.16. The van der Waals surface area contributed by atoms with Crippen molar-refractivity contribution in [2.45, 2.75) is 12.8 Å². The van der Waals surface area contributed by atoms with Gasteiger partial charge in [-0.2, -0.15) is 0 Å². The molecule has 3 rings (SSSR count). The third-order valence-electron chi connectivity index (χ3n) is 3.82.